The fraction of sp³-hybridized carbons (Fsp3) is 0.846. The third-order valence-electron chi connectivity index (χ3n) is 3.42. The molecule has 1 fully saturated rings. The highest BCUT2D eigenvalue weighted by atomic mass is 16.5. The minimum absolute atomic E-state index is 0.0447. The fourth-order valence-electron chi connectivity index (χ4n) is 2.12. The molecule has 5 heteroatoms. The van der Waals surface area contributed by atoms with Gasteiger partial charge in [-0.15, -0.1) is 0 Å². The Morgan fingerprint density at radius 2 is 1.94 bits per heavy atom. The molecule has 1 amide bonds. The molecule has 0 aliphatic carbocycles. The number of hydrogen-bond donors (Lipinski definition) is 1. The van der Waals surface area contributed by atoms with Crippen molar-refractivity contribution in [3.63, 3.8) is 0 Å². The molecule has 1 N–H and O–H groups in total. The highest BCUT2D eigenvalue weighted by Gasteiger charge is 2.16. The monoisotopic (exact) mass is 257 g/mol. The van der Waals surface area contributed by atoms with Gasteiger partial charge in [0.15, 0.2) is 0 Å². The molecular weight excluding hydrogens is 234 g/mol. The van der Waals surface area contributed by atoms with Gasteiger partial charge in [0.1, 0.15) is 0 Å². The van der Waals surface area contributed by atoms with Crippen molar-refractivity contribution < 1.29 is 19.4 Å². The molecule has 1 saturated heterocycles. The quantitative estimate of drug-likeness (QED) is 0.751. The van der Waals surface area contributed by atoms with Crippen molar-refractivity contribution in [1.82, 2.24) is 4.90 Å². The van der Waals surface area contributed by atoms with E-state index < -0.39 is 5.97 Å². The van der Waals surface area contributed by atoms with Gasteiger partial charge >= 0.3 is 5.97 Å². The van der Waals surface area contributed by atoms with E-state index in [0.29, 0.717) is 18.8 Å². The number of aliphatic carboxylic acids is 1. The first kappa shape index (κ1) is 15.0. The van der Waals surface area contributed by atoms with E-state index in [1.165, 1.54) is 0 Å². The second kappa shape index (κ2) is 8.08. The van der Waals surface area contributed by atoms with E-state index in [2.05, 4.69) is 0 Å². The Balaban J connectivity index is 2.12. The third-order valence-corrected chi connectivity index (χ3v) is 3.42. The van der Waals surface area contributed by atoms with Gasteiger partial charge in [-0.05, 0) is 31.6 Å². The van der Waals surface area contributed by atoms with Gasteiger partial charge in [0.05, 0.1) is 0 Å². The summed E-state index contributed by atoms with van der Waals surface area (Å²) in [7, 11) is 1.79. The predicted octanol–water partition coefficient (Wildman–Crippen LogP) is 1.52. The first-order valence-electron chi connectivity index (χ1n) is 6.63. The zero-order valence-corrected chi connectivity index (χ0v) is 11.1. The highest BCUT2D eigenvalue weighted by Crippen LogP contribution is 2.18. The van der Waals surface area contributed by atoms with E-state index in [-0.39, 0.29) is 12.3 Å². The van der Waals surface area contributed by atoms with Crippen LogP contribution >= 0.6 is 0 Å². The lowest BCUT2D eigenvalue weighted by Crippen LogP contribution is -2.29. The van der Waals surface area contributed by atoms with Crippen LogP contribution in [0.15, 0.2) is 0 Å². The van der Waals surface area contributed by atoms with Crippen molar-refractivity contribution in [3.8, 4) is 0 Å². The van der Waals surface area contributed by atoms with Gasteiger partial charge < -0.3 is 14.7 Å². The van der Waals surface area contributed by atoms with Gasteiger partial charge in [0, 0.05) is 39.6 Å². The number of carbonyl (C=O) groups excluding carboxylic acids is 1. The molecule has 0 saturated carbocycles. The Morgan fingerprint density at radius 3 is 2.56 bits per heavy atom. The maximum absolute atomic E-state index is 11.7. The Hall–Kier alpha value is -1.10. The maximum atomic E-state index is 11.7. The molecule has 104 valence electrons. The maximum Gasteiger partial charge on any atom is 0.303 e. The number of rotatable bonds is 7. The smallest absolute Gasteiger partial charge is 0.303 e. The van der Waals surface area contributed by atoms with Crippen LogP contribution < -0.4 is 0 Å². The molecule has 1 aliphatic rings. The minimum Gasteiger partial charge on any atom is -0.481 e. The molecule has 18 heavy (non-hydrogen) atoms. The molecule has 0 aromatic carbocycles. The van der Waals surface area contributed by atoms with Crippen molar-refractivity contribution in [1.29, 1.82) is 0 Å². The SMILES string of the molecule is CN(CCC1CCOCC1)C(=O)CCCC(=O)O. The Labute approximate surface area is 108 Å². The van der Waals surface area contributed by atoms with Crippen molar-refractivity contribution >= 4 is 11.9 Å². The minimum atomic E-state index is -0.840. The fourth-order valence-corrected chi connectivity index (χ4v) is 2.12. The second-order valence-corrected chi connectivity index (χ2v) is 4.91. The molecule has 0 unspecified atom stereocenters. The lowest BCUT2D eigenvalue weighted by atomic mass is 9.96. The van der Waals surface area contributed by atoms with Crippen LogP contribution in [0.3, 0.4) is 0 Å². The largest absolute Gasteiger partial charge is 0.481 e. The van der Waals surface area contributed by atoms with Gasteiger partial charge in [-0.1, -0.05) is 0 Å². The van der Waals surface area contributed by atoms with Crippen LogP contribution in [0.4, 0.5) is 0 Å². The number of hydrogen-bond acceptors (Lipinski definition) is 3. The molecule has 0 aromatic heterocycles. The van der Waals surface area contributed by atoms with Crippen molar-refractivity contribution in [2.24, 2.45) is 5.92 Å². The third kappa shape index (κ3) is 6.00. The summed E-state index contributed by atoms with van der Waals surface area (Å²) < 4.78 is 5.29. The van der Waals surface area contributed by atoms with Crippen molar-refractivity contribution in [3.05, 3.63) is 0 Å². The number of carboxylic acids is 1. The molecule has 1 aliphatic heterocycles. The number of nitrogens with zero attached hydrogens (tertiary/aromatic N) is 1. The van der Waals surface area contributed by atoms with Gasteiger partial charge in [-0.2, -0.15) is 0 Å². The zero-order valence-electron chi connectivity index (χ0n) is 11.1. The number of amides is 1. The van der Waals surface area contributed by atoms with Crippen molar-refractivity contribution in [2.45, 2.75) is 38.5 Å². The molecule has 5 nitrogen and oxygen atoms in total. The van der Waals surface area contributed by atoms with Gasteiger partial charge in [0.2, 0.25) is 5.91 Å². The lowest BCUT2D eigenvalue weighted by molar-refractivity contribution is -0.137. The van der Waals surface area contributed by atoms with Crippen molar-refractivity contribution in [2.75, 3.05) is 26.8 Å². The van der Waals surface area contributed by atoms with E-state index in [1.54, 1.807) is 11.9 Å². The van der Waals surface area contributed by atoms with Gasteiger partial charge in [-0.3, -0.25) is 9.59 Å². The summed E-state index contributed by atoms with van der Waals surface area (Å²) in [5, 5.41) is 8.50. The lowest BCUT2D eigenvalue weighted by Gasteiger charge is -2.24. The van der Waals surface area contributed by atoms with Gasteiger partial charge in [0.25, 0.3) is 0 Å². The first-order chi connectivity index (χ1) is 8.59. The molecule has 0 spiro atoms. The predicted molar refractivity (Wildman–Crippen MR) is 67.3 cm³/mol. The van der Waals surface area contributed by atoms with Crippen LogP contribution in [-0.4, -0.2) is 48.7 Å². The summed E-state index contributed by atoms with van der Waals surface area (Å²) in [6.07, 6.45) is 4.01. The zero-order chi connectivity index (χ0) is 13.4. The van der Waals surface area contributed by atoms with Crippen LogP contribution in [0, 0.1) is 5.92 Å². The topological polar surface area (TPSA) is 66.8 Å². The summed E-state index contributed by atoms with van der Waals surface area (Å²) in [6, 6.07) is 0. The summed E-state index contributed by atoms with van der Waals surface area (Å²) in [6.45, 7) is 2.43. The van der Waals surface area contributed by atoms with Crippen LogP contribution in [-0.2, 0) is 14.3 Å². The van der Waals surface area contributed by atoms with E-state index in [9.17, 15) is 9.59 Å². The summed E-state index contributed by atoms with van der Waals surface area (Å²) in [5.41, 5.74) is 0. The number of ether oxygens (including phenoxy) is 1. The summed E-state index contributed by atoms with van der Waals surface area (Å²) in [5.74, 6) is -0.135. The molecule has 0 bridgehead atoms. The molecule has 1 rings (SSSR count). The second-order valence-electron chi connectivity index (χ2n) is 4.91. The van der Waals surface area contributed by atoms with E-state index in [0.717, 1.165) is 39.0 Å². The summed E-state index contributed by atoms with van der Waals surface area (Å²) in [4.78, 5) is 23.8. The Morgan fingerprint density at radius 1 is 1.28 bits per heavy atom. The first-order valence-corrected chi connectivity index (χ1v) is 6.63. The summed E-state index contributed by atoms with van der Waals surface area (Å²) >= 11 is 0. The Kier molecular flexibility index (Phi) is 6.72. The Bertz CT molecular complexity index is 274. The van der Waals surface area contributed by atoms with E-state index in [4.69, 9.17) is 9.84 Å². The average molecular weight is 257 g/mol. The molecule has 1 heterocycles. The van der Waals surface area contributed by atoms with Crippen LogP contribution in [0.5, 0.6) is 0 Å². The van der Waals surface area contributed by atoms with E-state index in [1.807, 2.05) is 0 Å². The van der Waals surface area contributed by atoms with E-state index >= 15 is 0 Å². The molecule has 0 atom stereocenters. The van der Waals surface area contributed by atoms with Crippen LogP contribution in [0.1, 0.15) is 38.5 Å². The highest BCUT2D eigenvalue weighted by molar-refractivity contribution is 5.76. The van der Waals surface area contributed by atoms with Crippen LogP contribution in [0.2, 0.25) is 0 Å². The average Bonchev–Trinajstić information content (AvgIpc) is 2.36. The normalized spacial score (nSPS) is 16.5. The van der Waals surface area contributed by atoms with Crippen LogP contribution in [0.25, 0.3) is 0 Å². The number of carboxylic acid groups (broad SMARTS) is 1. The molecular formula is C13H23NO4. The molecule has 0 aromatic rings. The van der Waals surface area contributed by atoms with Gasteiger partial charge in [-0.25, -0.2) is 0 Å². The molecule has 0 radical (unpaired) electrons. The number of carbonyl (C=O) groups is 2. The standard InChI is InChI=1S/C13H23NO4/c1-14(12(15)3-2-4-13(16)17)8-5-11-6-9-18-10-7-11/h11H,2-10H2,1H3,(H,16,17).